The van der Waals surface area contributed by atoms with Crippen LogP contribution in [-0.4, -0.2) is 26.5 Å². The maximum Gasteiger partial charge on any atom is 0.150 e. The first-order valence-electron chi connectivity index (χ1n) is 6.70. The molecule has 1 heterocycles. The molecule has 0 radical (unpaired) electrons. The van der Waals surface area contributed by atoms with Gasteiger partial charge in [0.15, 0.2) is 9.84 Å². The fourth-order valence-corrected chi connectivity index (χ4v) is 4.27. The van der Waals surface area contributed by atoms with Gasteiger partial charge in [0.2, 0.25) is 0 Å². The standard InChI is InChI=1S/C14H21NO3S/c1-2-7-18-13-5-3-4-11(9-13)14(15)12-6-8-19(16,17)10-12/h3-5,9,12,14H,2,6-8,10,15H2,1H3. The van der Waals surface area contributed by atoms with Gasteiger partial charge in [-0.3, -0.25) is 0 Å². The van der Waals surface area contributed by atoms with Crippen LogP contribution < -0.4 is 10.5 Å². The van der Waals surface area contributed by atoms with Crippen LogP contribution in [0.4, 0.5) is 0 Å². The SMILES string of the molecule is CCCOc1cccc(C(N)C2CCS(=O)(=O)C2)c1. The molecule has 1 aliphatic heterocycles. The molecule has 0 aromatic heterocycles. The van der Waals surface area contributed by atoms with Gasteiger partial charge in [-0.2, -0.15) is 0 Å². The third-order valence-corrected chi connectivity index (χ3v) is 5.29. The highest BCUT2D eigenvalue weighted by atomic mass is 32.2. The highest BCUT2D eigenvalue weighted by Gasteiger charge is 2.32. The minimum Gasteiger partial charge on any atom is -0.494 e. The second-order valence-electron chi connectivity index (χ2n) is 5.11. The van der Waals surface area contributed by atoms with Gasteiger partial charge < -0.3 is 10.5 Å². The first kappa shape index (κ1) is 14.3. The molecule has 0 aliphatic carbocycles. The summed E-state index contributed by atoms with van der Waals surface area (Å²) in [6.45, 7) is 2.73. The zero-order valence-corrected chi connectivity index (χ0v) is 12.0. The molecule has 19 heavy (non-hydrogen) atoms. The minimum absolute atomic E-state index is 0.0198. The molecule has 1 aromatic carbocycles. The second kappa shape index (κ2) is 5.92. The van der Waals surface area contributed by atoms with E-state index in [1.54, 1.807) is 0 Å². The van der Waals surface area contributed by atoms with Crippen molar-refractivity contribution in [1.82, 2.24) is 0 Å². The summed E-state index contributed by atoms with van der Waals surface area (Å²) in [5.41, 5.74) is 7.15. The van der Waals surface area contributed by atoms with E-state index < -0.39 is 9.84 Å². The lowest BCUT2D eigenvalue weighted by Crippen LogP contribution is -2.22. The van der Waals surface area contributed by atoms with Gasteiger partial charge in [-0.15, -0.1) is 0 Å². The van der Waals surface area contributed by atoms with Crippen LogP contribution in [0.15, 0.2) is 24.3 Å². The lowest BCUT2D eigenvalue weighted by molar-refractivity contribution is 0.316. The van der Waals surface area contributed by atoms with Crippen LogP contribution in [0.3, 0.4) is 0 Å². The Morgan fingerprint density at radius 2 is 2.26 bits per heavy atom. The normalized spacial score (nSPS) is 23.2. The number of benzene rings is 1. The first-order chi connectivity index (χ1) is 9.02. The molecule has 1 aliphatic rings. The summed E-state index contributed by atoms with van der Waals surface area (Å²) >= 11 is 0. The van der Waals surface area contributed by atoms with Crippen LogP contribution in [0.2, 0.25) is 0 Å². The van der Waals surface area contributed by atoms with Gasteiger partial charge >= 0.3 is 0 Å². The molecule has 1 aromatic rings. The van der Waals surface area contributed by atoms with Gasteiger partial charge in [-0.05, 0) is 36.5 Å². The highest BCUT2D eigenvalue weighted by molar-refractivity contribution is 7.91. The van der Waals surface area contributed by atoms with Gasteiger partial charge in [0.05, 0.1) is 18.1 Å². The van der Waals surface area contributed by atoms with E-state index in [-0.39, 0.29) is 23.5 Å². The van der Waals surface area contributed by atoms with E-state index in [0.717, 1.165) is 17.7 Å². The number of ether oxygens (including phenoxy) is 1. The van der Waals surface area contributed by atoms with Crippen LogP contribution in [0, 0.1) is 5.92 Å². The number of rotatable bonds is 5. The van der Waals surface area contributed by atoms with Crippen molar-refractivity contribution in [1.29, 1.82) is 0 Å². The molecule has 2 N–H and O–H groups in total. The predicted molar refractivity (Wildman–Crippen MR) is 75.9 cm³/mol. The Morgan fingerprint density at radius 1 is 1.47 bits per heavy atom. The molecule has 5 heteroatoms. The Labute approximate surface area is 114 Å². The molecule has 106 valence electrons. The van der Waals surface area contributed by atoms with Crippen molar-refractivity contribution in [2.45, 2.75) is 25.8 Å². The monoisotopic (exact) mass is 283 g/mol. The number of hydrogen-bond donors (Lipinski definition) is 1. The summed E-state index contributed by atoms with van der Waals surface area (Å²) in [5.74, 6) is 1.29. The quantitative estimate of drug-likeness (QED) is 0.896. The lowest BCUT2D eigenvalue weighted by Gasteiger charge is -2.19. The molecular formula is C14H21NO3S. The summed E-state index contributed by atoms with van der Waals surface area (Å²) in [7, 11) is -2.88. The Bertz CT molecular complexity index is 527. The third kappa shape index (κ3) is 3.70. The van der Waals surface area contributed by atoms with Gasteiger partial charge in [0.1, 0.15) is 5.75 Å². The predicted octanol–water partition coefficient (Wildman–Crippen LogP) is 1.91. The van der Waals surface area contributed by atoms with Crippen molar-refractivity contribution in [3.63, 3.8) is 0 Å². The Kier molecular flexibility index (Phi) is 4.47. The number of hydrogen-bond acceptors (Lipinski definition) is 4. The van der Waals surface area contributed by atoms with Crippen molar-refractivity contribution < 1.29 is 13.2 Å². The van der Waals surface area contributed by atoms with Crippen LogP contribution in [0.5, 0.6) is 5.75 Å². The topological polar surface area (TPSA) is 69.4 Å². The summed E-state index contributed by atoms with van der Waals surface area (Å²) in [6.07, 6.45) is 1.61. The second-order valence-corrected chi connectivity index (χ2v) is 7.34. The molecule has 0 spiro atoms. The van der Waals surface area contributed by atoms with Crippen molar-refractivity contribution >= 4 is 9.84 Å². The third-order valence-electron chi connectivity index (χ3n) is 3.49. The fraction of sp³-hybridized carbons (Fsp3) is 0.571. The van der Waals surface area contributed by atoms with Crippen LogP contribution >= 0.6 is 0 Å². The first-order valence-corrected chi connectivity index (χ1v) is 8.53. The van der Waals surface area contributed by atoms with E-state index in [1.165, 1.54) is 0 Å². The molecule has 2 atom stereocenters. The van der Waals surface area contributed by atoms with Gasteiger partial charge in [-0.25, -0.2) is 8.42 Å². The van der Waals surface area contributed by atoms with E-state index in [0.29, 0.717) is 13.0 Å². The summed E-state index contributed by atoms with van der Waals surface area (Å²) in [6, 6.07) is 7.43. The molecule has 1 saturated heterocycles. The van der Waals surface area contributed by atoms with Crippen molar-refractivity contribution in [2.24, 2.45) is 11.7 Å². The molecule has 0 bridgehead atoms. The molecule has 4 nitrogen and oxygen atoms in total. The number of sulfone groups is 1. The van der Waals surface area contributed by atoms with E-state index >= 15 is 0 Å². The zero-order valence-electron chi connectivity index (χ0n) is 11.2. The minimum atomic E-state index is -2.88. The Balaban J connectivity index is 2.08. The zero-order chi connectivity index (χ0) is 13.9. The Morgan fingerprint density at radius 3 is 2.89 bits per heavy atom. The maximum atomic E-state index is 11.5. The molecule has 2 rings (SSSR count). The molecule has 2 unspecified atom stereocenters. The maximum absolute atomic E-state index is 11.5. The van der Waals surface area contributed by atoms with Gasteiger partial charge in [0, 0.05) is 6.04 Å². The summed E-state index contributed by atoms with van der Waals surface area (Å²) in [5, 5.41) is 0. The Hall–Kier alpha value is -1.07. The molecule has 0 amide bonds. The number of nitrogens with two attached hydrogens (primary N) is 1. The van der Waals surface area contributed by atoms with Crippen LogP contribution in [0.1, 0.15) is 31.4 Å². The summed E-state index contributed by atoms with van der Waals surface area (Å²) in [4.78, 5) is 0. The average Bonchev–Trinajstić information content (AvgIpc) is 2.76. The van der Waals surface area contributed by atoms with Gasteiger partial charge in [-0.1, -0.05) is 19.1 Å². The van der Waals surface area contributed by atoms with E-state index in [4.69, 9.17) is 10.5 Å². The van der Waals surface area contributed by atoms with Crippen LogP contribution in [0.25, 0.3) is 0 Å². The van der Waals surface area contributed by atoms with E-state index in [1.807, 2.05) is 24.3 Å². The fourth-order valence-electron chi connectivity index (χ4n) is 2.41. The van der Waals surface area contributed by atoms with Gasteiger partial charge in [0.25, 0.3) is 0 Å². The van der Waals surface area contributed by atoms with Crippen LogP contribution in [-0.2, 0) is 9.84 Å². The van der Waals surface area contributed by atoms with Crippen molar-refractivity contribution in [3.05, 3.63) is 29.8 Å². The van der Waals surface area contributed by atoms with E-state index in [9.17, 15) is 8.42 Å². The van der Waals surface area contributed by atoms with Crippen molar-refractivity contribution in [2.75, 3.05) is 18.1 Å². The smallest absolute Gasteiger partial charge is 0.150 e. The summed E-state index contributed by atoms with van der Waals surface area (Å²) < 4.78 is 28.6. The average molecular weight is 283 g/mol. The van der Waals surface area contributed by atoms with Crippen molar-refractivity contribution in [3.8, 4) is 5.75 Å². The molecule has 0 saturated carbocycles. The molecule has 1 fully saturated rings. The largest absolute Gasteiger partial charge is 0.494 e. The van der Waals surface area contributed by atoms with E-state index in [2.05, 4.69) is 6.92 Å². The molecular weight excluding hydrogens is 262 g/mol. The highest BCUT2D eigenvalue weighted by Crippen LogP contribution is 2.31. The lowest BCUT2D eigenvalue weighted by atomic mass is 9.93.